The highest BCUT2D eigenvalue weighted by molar-refractivity contribution is 5.92. The van der Waals surface area contributed by atoms with Crippen LogP contribution in [0.1, 0.15) is 28.5 Å². The van der Waals surface area contributed by atoms with Crippen molar-refractivity contribution in [2.24, 2.45) is 0 Å². The van der Waals surface area contributed by atoms with E-state index in [1.165, 1.54) is 6.20 Å². The highest BCUT2D eigenvalue weighted by atomic mass is 16.3. The standard InChI is InChI=1S/C15H17N3O2/c1-11(7-12-3-2-5-16-9-12)18-15(20)14-8-13(10-19)4-6-17-14/h2-6,8-9,11,19H,7,10H2,1H3,(H,18,20)/t11-/m1/s1. The van der Waals surface area contributed by atoms with E-state index >= 15 is 0 Å². The maximum atomic E-state index is 12.0. The number of rotatable bonds is 5. The number of amides is 1. The van der Waals surface area contributed by atoms with Crippen molar-refractivity contribution in [2.45, 2.75) is 26.0 Å². The maximum absolute atomic E-state index is 12.0. The molecule has 5 nitrogen and oxygen atoms in total. The third kappa shape index (κ3) is 3.86. The first-order valence-electron chi connectivity index (χ1n) is 6.44. The van der Waals surface area contributed by atoms with Crippen LogP contribution >= 0.6 is 0 Å². The molecular formula is C15H17N3O2. The number of carbonyl (C=O) groups is 1. The molecule has 0 bridgehead atoms. The van der Waals surface area contributed by atoms with Crippen molar-refractivity contribution in [3.63, 3.8) is 0 Å². The van der Waals surface area contributed by atoms with Crippen molar-refractivity contribution in [1.82, 2.24) is 15.3 Å². The van der Waals surface area contributed by atoms with Crippen LogP contribution in [0, 0.1) is 0 Å². The van der Waals surface area contributed by atoms with Gasteiger partial charge in [0.1, 0.15) is 5.69 Å². The summed E-state index contributed by atoms with van der Waals surface area (Å²) in [6, 6.07) is 7.09. The fraction of sp³-hybridized carbons (Fsp3) is 0.267. The molecule has 5 heteroatoms. The van der Waals surface area contributed by atoms with E-state index in [0.717, 1.165) is 5.56 Å². The van der Waals surface area contributed by atoms with Gasteiger partial charge in [-0.1, -0.05) is 6.07 Å². The minimum Gasteiger partial charge on any atom is -0.392 e. The lowest BCUT2D eigenvalue weighted by atomic mass is 10.1. The Morgan fingerprint density at radius 1 is 1.35 bits per heavy atom. The molecule has 0 fully saturated rings. The molecule has 0 saturated heterocycles. The quantitative estimate of drug-likeness (QED) is 0.860. The van der Waals surface area contributed by atoms with Crippen LogP contribution in [0.25, 0.3) is 0 Å². The molecule has 2 aromatic rings. The summed E-state index contributed by atoms with van der Waals surface area (Å²) in [5.41, 5.74) is 2.05. The lowest BCUT2D eigenvalue weighted by Crippen LogP contribution is -2.34. The van der Waals surface area contributed by atoms with Gasteiger partial charge in [-0.25, -0.2) is 0 Å². The summed E-state index contributed by atoms with van der Waals surface area (Å²) in [7, 11) is 0. The van der Waals surface area contributed by atoms with Crippen molar-refractivity contribution in [3.05, 3.63) is 59.7 Å². The molecule has 0 radical (unpaired) electrons. The predicted molar refractivity (Wildman–Crippen MR) is 75.0 cm³/mol. The van der Waals surface area contributed by atoms with Crippen LogP contribution < -0.4 is 5.32 Å². The lowest BCUT2D eigenvalue weighted by Gasteiger charge is -2.13. The molecule has 1 amide bonds. The molecule has 1 atom stereocenters. The average molecular weight is 271 g/mol. The minimum absolute atomic E-state index is 0.0220. The third-order valence-corrected chi connectivity index (χ3v) is 2.88. The fourth-order valence-electron chi connectivity index (χ4n) is 1.92. The molecule has 104 valence electrons. The van der Waals surface area contributed by atoms with Crippen LogP contribution in [0.4, 0.5) is 0 Å². The van der Waals surface area contributed by atoms with Gasteiger partial charge in [0.15, 0.2) is 0 Å². The van der Waals surface area contributed by atoms with E-state index < -0.39 is 0 Å². The minimum atomic E-state index is -0.239. The molecule has 0 unspecified atom stereocenters. The number of aliphatic hydroxyl groups excluding tert-OH is 1. The Labute approximate surface area is 117 Å². The molecular weight excluding hydrogens is 254 g/mol. The van der Waals surface area contributed by atoms with E-state index in [4.69, 9.17) is 5.11 Å². The van der Waals surface area contributed by atoms with Crippen LogP contribution in [0.15, 0.2) is 42.9 Å². The molecule has 2 rings (SSSR count). The number of carbonyl (C=O) groups excluding carboxylic acids is 1. The SMILES string of the molecule is C[C@H](Cc1cccnc1)NC(=O)c1cc(CO)ccn1. The zero-order valence-electron chi connectivity index (χ0n) is 11.3. The second-order valence-electron chi connectivity index (χ2n) is 4.65. The molecule has 0 spiro atoms. The van der Waals surface area contributed by atoms with Crippen LogP contribution in [0.2, 0.25) is 0 Å². The van der Waals surface area contributed by atoms with Gasteiger partial charge in [0.25, 0.3) is 5.91 Å². The van der Waals surface area contributed by atoms with Gasteiger partial charge in [-0.05, 0) is 42.7 Å². The molecule has 2 heterocycles. The van der Waals surface area contributed by atoms with Gasteiger partial charge in [-0.3, -0.25) is 14.8 Å². The monoisotopic (exact) mass is 271 g/mol. The van der Waals surface area contributed by atoms with Gasteiger partial charge in [0.2, 0.25) is 0 Å². The first kappa shape index (κ1) is 14.1. The lowest BCUT2D eigenvalue weighted by molar-refractivity contribution is 0.0935. The van der Waals surface area contributed by atoms with Crippen LogP contribution in [-0.4, -0.2) is 27.0 Å². The number of nitrogens with one attached hydrogen (secondary N) is 1. The molecule has 20 heavy (non-hydrogen) atoms. The van der Waals surface area contributed by atoms with E-state index in [9.17, 15) is 4.79 Å². The summed E-state index contributed by atoms with van der Waals surface area (Å²) < 4.78 is 0. The van der Waals surface area contributed by atoms with Gasteiger partial charge in [0.05, 0.1) is 6.61 Å². The Morgan fingerprint density at radius 3 is 2.90 bits per heavy atom. The first-order chi connectivity index (χ1) is 9.69. The van der Waals surface area contributed by atoms with Crippen molar-refractivity contribution in [1.29, 1.82) is 0 Å². The number of aliphatic hydroxyl groups is 1. The molecule has 0 saturated carbocycles. The smallest absolute Gasteiger partial charge is 0.270 e. The van der Waals surface area contributed by atoms with Gasteiger partial charge in [-0.2, -0.15) is 0 Å². The van der Waals surface area contributed by atoms with E-state index in [1.54, 1.807) is 24.5 Å². The Bertz CT molecular complexity index is 572. The number of nitrogens with zero attached hydrogens (tertiary/aromatic N) is 2. The van der Waals surface area contributed by atoms with Crippen molar-refractivity contribution in [3.8, 4) is 0 Å². The van der Waals surface area contributed by atoms with E-state index in [1.807, 2.05) is 19.1 Å². The highest BCUT2D eigenvalue weighted by Gasteiger charge is 2.12. The highest BCUT2D eigenvalue weighted by Crippen LogP contribution is 2.04. The van der Waals surface area contributed by atoms with E-state index in [0.29, 0.717) is 17.7 Å². The second kappa shape index (κ2) is 6.77. The summed E-state index contributed by atoms with van der Waals surface area (Å²) in [4.78, 5) is 20.1. The van der Waals surface area contributed by atoms with Gasteiger partial charge in [0, 0.05) is 24.6 Å². The Balaban J connectivity index is 1.96. The molecule has 0 aliphatic rings. The maximum Gasteiger partial charge on any atom is 0.270 e. The van der Waals surface area contributed by atoms with Gasteiger partial charge >= 0.3 is 0 Å². The summed E-state index contributed by atoms with van der Waals surface area (Å²) >= 11 is 0. The van der Waals surface area contributed by atoms with Crippen molar-refractivity contribution < 1.29 is 9.90 Å². The Hall–Kier alpha value is -2.27. The normalized spacial score (nSPS) is 11.9. The average Bonchev–Trinajstić information content (AvgIpc) is 2.48. The zero-order chi connectivity index (χ0) is 14.4. The Kier molecular flexibility index (Phi) is 4.79. The second-order valence-corrected chi connectivity index (χ2v) is 4.65. The predicted octanol–water partition coefficient (Wildman–Crippen LogP) is 1.33. The summed E-state index contributed by atoms with van der Waals surface area (Å²) in [6.45, 7) is 1.83. The molecule has 0 aromatic carbocycles. The molecule has 0 aliphatic heterocycles. The molecule has 2 aromatic heterocycles. The molecule has 2 N–H and O–H groups in total. The van der Waals surface area contributed by atoms with Crippen molar-refractivity contribution >= 4 is 5.91 Å². The van der Waals surface area contributed by atoms with Crippen molar-refractivity contribution in [2.75, 3.05) is 0 Å². The van der Waals surface area contributed by atoms with Gasteiger partial charge in [-0.15, -0.1) is 0 Å². The number of hydrogen-bond donors (Lipinski definition) is 2. The summed E-state index contributed by atoms with van der Waals surface area (Å²) in [5, 5.41) is 11.9. The van der Waals surface area contributed by atoms with Crippen LogP contribution in [0.3, 0.4) is 0 Å². The van der Waals surface area contributed by atoms with Crippen LogP contribution in [0.5, 0.6) is 0 Å². The summed E-state index contributed by atoms with van der Waals surface area (Å²) in [6.07, 6.45) is 5.73. The third-order valence-electron chi connectivity index (χ3n) is 2.88. The van der Waals surface area contributed by atoms with E-state index in [2.05, 4.69) is 15.3 Å². The van der Waals surface area contributed by atoms with Gasteiger partial charge < -0.3 is 10.4 Å². The number of pyridine rings is 2. The topological polar surface area (TPSA) is 75.1 Å². The number of aromatic nitrogens is 2. The largest absolute Gasteiger partial charge is 0.392 e. The number of hydrogen-bond acceptors (Lipinski definition) is 4. The first-order valence-corrected chi connectivity index (χ1v) is 6.44. The fourth-order valence-corrected chi connectivity index (χ4v) is 1.92. The van der Waals surface area contributed by atoms with Crippen LogP contribution in [-0.2, 0) is 13.0 Å². The van der Waals surface area contributed by atoms with E-state index in [-0.39, 0.29) is 18.6 Å². The Morgan fingerprint density at radius 2 is 2.20 bits per heavy atom. The summed E-state index contributed by atoms with van der Waals surface area (Å²) in [5.74, 6) is -0.239. The zero-order valence-corrected chi connectivity index (χ0v) is 11.3. The molecule has 0 aliphatic carbocycles.